The van der Waals surface area contributed by atoms with Crippen LogP contribution in [0.3, 0.4) is 0 Å². The Morgan fingerprint density at radius 2 is 1.86 bits per heavy atom. The molecule has 2 aliphatic rings. The number of hydrogen-bond acceptors (Lipinski definition) is 3. The molecule has 0 radical (unpaired) electrons. The minimum atomic E-state index is -0.0205. The van der Waals surface area contributed by atoms with Gasteiger partial charge in [0, 0.05) is 12.0 Å². The first-order valence-corrected chi connectivity index (χ1v) is 7.41. The van der Waals surface area contributed by atoms with Crippen molar-refractivity contribution in [1.29, 1.82) is 0 Å². The quantitative estimate of drug-likeness (QED) is 0.790. The third-order valence-electron chi connectivity index (χ3n) is 4.28. The van der Waals surface area contributed by atoms with E-state index in [1.165, 1.54) is 16.7 Å². The van der Waals surface area contributed by atoms with Gasteiger partial charge in [0.2, 0.25) is 0 Å². The highest BCUT2D eigenvalue weighted by atomic mass is 16.5. The van der Waals surface area contributed by atoms with Crippen LogP contribution in [0.1, 0.15) is 36.1 Å². The van der Waals surface area contributed by atoms with Gasteiger partial charge in [-0.05, 0) is 25.5 Å². The van der Waals surface area contributed by atoms with Crippen LogP contribution < -0.4 is 4.74 Å². The smallest absolute Gasteiger partial charge is 0.185 e. The number of rotatable bonds is 1. The topological polar surface area (TPSA) is 24.8 Å². The summed E-state index contributed by atoms with van der Waals surface area (Å²) in [4.78, 5) is 0. The third-order valence-corrected chi connectivity index (χ3v) is 4.28. The van der Waals surface area contributed by atoms with Crippen molar-refractivity contribution in [2.75, 3.05) is 0 Å². The van der Waals surface area contributed by atoms with Gasteiger partial charge in [0.1, 0.15) is 5.75 Å². The molecule has 2 unspecified atom stereocenters. The van der Waals surface area contributed by atoms with E-state index in [0.29, 0.717) is 6.04 Å². The first kappa shape index (κ1) is 12.5. The van der Waals surface area contributed by atoms with Crippen LogP contribution in [0.5, 0.6) is 5.75 Å². The summed E-state index contributed by atoms with van der Waals surface area (Å²) in [7, 11) is 0. The van der Waals surface area contributed by atoms with Gasteiger partial charge >= 0.3 is 0 Å². The Kier molecular flexibility index (Phi) is 2.74. The molecule has 0 N–H and O–H groups in total. The number of ether oxygens (including phenoxy) is 1. The van der Waals surface area contributed by atoms with Crippen molar-refractivity contribution < 1.29 is 4.74 Å². The highest BCUT2D eigenvalue weighted by molar-refractivity contribution is 6.01. The SMILES string of the molecule is Cc1ccc(C2=NN3C(C)Oc4ccccc4C3C2)cc1. The maximum absolute atomic E-state index is 5.97. The second-order valence-corrected chi connectivity index (χ2v) is 5.77. The van der Waals surface area contributed by atoms with Crippen molar-refractivity contribution in [1.82, 2.24) is 5.01 Å². The van der Waals surface area contributed by atoms with E-state index in [4.69, 9.17) is 9.84 Å². The van der Waals surface area contributed by atoms with Crippen molar-refractivity contribution in [3.8, 4) is 5.75 Å². The van der Waals surface area contributed by atoms with Gasteiger partial charge in [-0.2, -0.15) is 5.10 Å². The molecule has 0 amide bonds. The molecular weight excluding hydrogens is 260 g/mol. The molecule has 21 heavy (non-hydrogen) atoms. The van der Waals surface area contributed by atoms with E-state index < -0.39 is 0 Å². The van der Waals surface area contributed by atoms with Crippen molar-refractivity contribution in [2.24, 2.45) is 5.10 Å². The first-order valence-electron chi connectivity index (χ1n) is 7.41. The zero-order valence-corrected chi connectivity index (χ0v) is 12.3. The maximum Gasteiger partial charge on any atom is 0.185 e. The van der Waals surface area contributed by atoms with Crippen LogP contribution in [0.2, 0.25) is 0 Å². The zero-order valence-electron chi connectivity index (χ0n) is 12.3. The number of benzene rings is 2. The van der Waals surface area contributed by atoms with Crippen molar-refractivity contribution in [3.63, 3.8) is 0 Å². The van der Waals surface area contributed by atoms with Gasteiger partial charge in [-0.25, -0.2) is 0 Å². The molecule has 2 atom stereocenters. The van der Waals surface area contributed by atoms with Crippen LogP contribution in [-0.4, -0.2) is 16.9 Å². The summed E-state index contributed by atoms with van der Waals surface area (Å²) in [6, 6.07) is 17.2. The fraction of sp³-hybridized carbons (Fsp3) is 0.278. The summed E-state index contributed by atoms with van der Waals surface area (Å²) in [5.74, 6) is 0.992. The summed E-state index contributed by atoms with van der Waals surface area (Å²) < 4.78 is 5.97. The molecule has 2 heterocycles. The third kappa shape index (κ3) is 2.00. The number of fused-ring (bicyclic) bond motifs is 3. The van der Waals surface area contributed by atoms with Gasteiger partial charge in [-0.3, -0.25) is 5.01 Å². The van der Waals surface area contributed by atoms with Gasteiger partial charge in [0.05, 0.1) is 11.8 Å². The Hall–Kier alpha value is -2.29. The summed E-state index contributed by atoms with van der Waals surface area (Å²) >= 11 is 0. The predicted octanol–water partition coefficient (Wildman–Crippen LogP) is 3.88. The summed E-state index contributed by atoms with van der Waals surface area (Å²) in [6.07, 6.45) is 0.918. The normalized spacial score (nSPS) is 23.1. The number of nitrogens with zero attached hydrogens (tertiary/aromatic N) is 2. The van der Waals surface area contributed by atoms with E-state index in [2.05, 4.69) is 55.3 Å². The van der Waals surface area contributed by atoms with E-state index >= 15 is 0 Å². The Morgan fingerprint density at radius 3 is 2.67 bits per heavy atom. The van der Waals surface area contributed by atoms with E-state index in [1.54, 1.807) is 0 Å². The predicted molar refractivity (Wildman–Crippen MR) is 83.4 cm³/mol. The minimum absolute atomic E-state index is 0.0205. The molecule has 2 aliphatic heterocycles. The fourth-order valence-electron chi connectivity index (χ4n) is 3.14. The molecule has 0 aromatic heterocycles. The van der Waals surface area contributed by atoms with Crippen LogP contribution in [-0.2, 0) is 0 Å². The van der Waals surface area contributed by atoms with Gasteiger partial charge in [0.25, 0.3) is 0 Å². The Balaban J connectivity index is 1.71. The zero-order chi connectivity index (χ0) is 14.4. The Labute approximate surface area is 124 Å². The highest BCUT2D eigenvalue weighted by Crippen LogP contribution is 2.42. The van der Waals surface area contributed by atoms with E-state index in [-0.39, 0.29) is 6.23 Å². The largest absolute Gasteiger partial charge is 0.469 e. The van der Waals surface area contributed by atoms with E-state index in [1.807, 2.05) is 12.1 Å². The van der Waals surface area contributed by atoms with Crippen LogP contribution in [0.15, 0.2) is 53.6 Å². The lowest BCUT2D eigenvalue weighted by Crippen LogP contribution is -2.37. The number of para-hydroxylation sites is 1. The summed E-state index contributed by atoms with van der Waals surface area (Å²) in [5, 5.41) is 6.91. The average molecular weight is 278 g/mol. The average Bonchev–Trinajstić information content (AvgIpc) is 2.94. The molecular formula is C18H18N2O. The monoisotopic (exact) mass is 278 g/mol. The Bertz CT molecular complexity index is 705. The Morgan fingerprint density at radius 1 is 1.10 bits per heavy atom. The second kappa shape index (κ2) is 4.62. The molecule has 2 aromatic carbocycles. The van der Waals surface area contributed by atoms with E-state index in [0.717, 1.165) is 17.9 Å². The van der Waals surface area contributed by atoms with Gasteiger partial charge in [0.15, 0.2) is 6.23 Å². The molecule has 3 heteroatoms. The molecule has 4 rings (SSSR count). The van der Waals surface area contributed by atoms with Crippen LogP contribution in [0.25, 0.3) is 0 Å². The molecule has 0 aliphatic carbocycles. The molecule has 106 valence electrons. The van der Waals surface area contributed by atoms with Crippen molar-refractivity contribution in [3.05, 3.63) is 65.2 Å². The summed E-state index contributed by atoms with van der Waals surface area (Å²) in [5.41, 5.74) is 4.87. The lowest BCUT2D eigenvalue weighted by atomic mass is 9.96. The molecule has 3 nitrogen and oxygen atoms in total. The first-order chi connectivity index (χ1) is 10.2. The van der Waals surface area contributed by atoms with E-state index in [9.17, 15) is 0 Å². The highest BCUT2D eigenvalue weighted by Gasteiger charge is 2.37. The van der Waals surface area contributed by atoms with Gasteiger partial charge < -0.3 is 4.74 Å². The minimum Gasteiger partial charge on any atom is -0.469 e. The van der Waals surface area contributed by atoms with Crippen molar-refractivity contribution in [2.45, 2.75) is 32.5 Å². The lowest BCUT2D eigenvalue weighted by Gasteiger charge is -2.36. The van der Waals surface area contributed by atoms with Crippen LogP contribution in [0.4, 0.5) is 0 Å². The number of aryl methyl sites for hydroxylation is 1. The number of hydrazone groups is 1. The second-order valence-electron chi connectivity index (χ2n) is 5.77. The van der Waals surface area contributed by atoms with Crippen LogP contribution in [0, 0.1) is 6.92 Å². The van der Waals surface area contributed by atoms with Gasteiger partial charge in [-0.1, -0.05) is 48.0 Å². The molecule has 0 fully saturated rings. The molecule has 0 spiro atoms. The van der Waals surface area contributed by atoms with Gasteiger partial charge in [-0.15, -0.1) is 0 Å². The van der Waals surface area contributed by atoms with Crippen molar-refractivity contribution >= 4 is 5.71 Å². The summed E-state index contributed by atoms with van der Waals surface area (Å²) in [6.45, 7) is 4.17. The number of hydrogen-bond donors (Lipinski definition) is 0. The lowest BCUT2D eigenvalue weighted by molar-refractivity contribution is -0.00334. The molecule has 0 saturated heterocycles. The maximum atomic E-state index is 5.97. The molecule has 0 bridgehead atoms. The fourth-order valence-corrected chi connectivity index (χ4v) is 3.14. The molecule has 0 saturated carbocycles. The standard InChI is InChI=1S/C18H18N2O/c1-12-7-9-14(10-8-12)16-11-17-15-5-3-4-6-18(15)21-13(2)20(17)19-16/h3-10,13,17H,11H2,1-2H3. The van der Waals surface area contributed by atoms with Crippen LogP contribution >= 0.6 is 0 Å². The molecule has 2 aromatic rings.